The Bertz CT molecular complexity index is 695. The van der Waals surface area contributed by atoms with Crippen molar-refractivity contribution in [1.82, 2.24) is 9.80 Å². The molecule has 1 aromatic carbocycles. The number of benzene rings is 1. The van der Waals surface area contributed by atoms with E-state index in [-0.39, 0.29) is 34.0 Å². The van der Waals surface area contributed by atoms with Gasteiger partial charge in [-0.05, 0) is 18.9 Å². The molecule has 3 rings (SSSR count). The van der Waals surface area contributed by atoms with E-state index in [0.717, 1.165) is 25.7 Å². The van der Waals surface area contributed by atoms with Crippen LogP contribution in [0.1, 0.15) is 36.0 Å². The number of rotatable bonds is 3. The van der Waals surface area contributed by atoms with E-state index in [1.165, 1.54) is 18.2 Å². The van der Waals surface area contributed by atoms with Crippen LogP contribution in [0.2, 0.25) is 5.02 Å². The summed E-state index contributed by atoms with van der Waals surface area (Å²) < 4.78 is 0. The number of carbonyl (C=O) groups is 2. The van der Waals surface area contributed by atoms with E-state index in [1.807, 2.05) is 4.90 Å². The molecule has 1 aliphatic carbocycles. The maximum Gasteiger partial charge on any atom is 0.270 e. The van der Waals surface area contributed by atoms with Gasteiger partial charge >= 0.3 is 0 Å². The fourth-order valence-corrected chi connectivity index (χ4v) is 3.72. The van der Waals surface area contributed by atoms with Crippen LogP contribution in [0, 0.1) is 16.0 Å². The summed E-state index contributed by atoms with van der Waals surface area (Å²) in [5.74, 6) is -0.00638. The Hall–Kier alpha value is -2.15. The predicted molar refractivity (Wildman–Crippen MR) is 92.5 cm³/mol. The Labute approximate surface area is 150 Å². The van der Waals surface area contributed by atoms with Crippen molar-refractivity contribution in [2.75, 3.05) is 26.2 Å². The largest absolute Gasteiger partial charge is 0.339 e. The van der Waals surface area contributed by atoms with E-state index in [1.54, 1.807) is 4.90 Å². The third-order valence-electron chi connectivity index (χ3n) is 4.97. The van der Waals surface area contributed by atoms with E-state index in [4.69, 9.17) is 11.6 Å². The van der Waals surface area contributed by atoms with Crippen LogP contribution in [-0.2, 0) is 4.79 Å². The van der Waals surface area contributed by atoms with Gasteiger partial charge in [0.2, 0.25) is 5.91 Å². The fourth-order valence-electron chi connectivity index (χ4n) is 3.52. The molecule has 0 N–H and O–H groups in total. The molecule has 8 heteroatoms. The molecule has 1 aliphatic heterocycles. The van der Waals surface area contributed by atoms with Crippen molar-refractivity contribution in [2.24, 2.45) is 5.92 Å². The molecule has 134 valence electrons. The summed E-state index contributed by atoms with van der Waals surface area (Å²) in [6.45, 7) is 1.81. The van der Waals surface area contributed by atoms with Crippen molar-refractivity contribution < 1.29 is 14.5 Å². The number of amides is 2. The van der Waals surface area contributed by atoms with Gasteiger partial charge < -0.3 is 9.80 Å². The van der Waals surface area contributed by atoms with E-state index < -0.39 is 4.92 Å². The minimum absolute atomic E-state index is 0.131. The summed E-state index contributed by atoms with van der Waals surface area (Å²) in [6.07, 6.45) is 4.14. The first-order chi connectivity index (χ1) is 12.0. The van der Waals surface area contributed by atoms with Crippen molar-refractivity contribution in [2.45, 2.75) is 25.7 Å². The molecule has 2 fully saturated rings. The summed E-state index contributed by atoms with van der Waals surface area (Å²) in [6, 6.07) is 3.85. The van der Waals surface area contributed by atoms with Gasteiger partial charge in [-0.3, -0.25) is 19.7 Å². The number of carbonyl (C=O) groups excluding carboxylic acids is 2. The number of nitro groups is 1. The topological polar surface area (TPSA) is 83.8 Å². The average Bonchev–Trinajstić information content (AvgIpc) is 3.15. The number of nitro benzene ring substituents is 1. The molecule has 7 nitrogen and oxygen atoms in total. The molecule has 0 aromatic heterocycles. The highest BCUT2D eigenvalue weighted by Crippen LogP contribution is 2.27. The summed E-state index contributed by atoms with van der Waals surface area (Å²) >= 11 is 6.05. The third kappa shape index (κ3) is 3.76. The van der Waals surface area contributed by atoms with Gasteiger partial charge in [0.1, 0.15) is 0 Å². The van der Waals surface area contributed by atoms with Gasteiger partial charge in [-0.15, -0.1) is 0 Å². The molecule has 1 saturated carbocycles. The van der Waals surface area contributed by atoms with Crippen LogP contribution in [0.4, 0.5) is 5.69 Å². The number of non-ortho nitro benzene ring substituents is 1. The highest BCUT2D eigenvalue weighted by Gasteiger charge is 2.31. The molecule has 1 saturated heterocycles. The quantitative estimate of drug-likeness (QED) is 0.609. The summed E-state index contributed by atoms with van der Waals surface area (Å²) in [4.78, 5) is 38.9. The minimum atomic E-state index is -0.550. The Morgan fingerprint density at radius 2 is 1.68 bits per heavy atom. The maximum atomic E-state index is 12.6. The van der Waals surface area contributed by atoms with Crippen LogP contribution in [0.15, 0.2) is 18.2 Å². The lowest BCUT2D eigenvalue weighted by atomic mass is 10.1. The molecule has 0 unspecified atom stereocenters. The zero-order valence-corrected chi connectivity index (χ0v) is 14.6. The van der Waals surface area contributed by atoms with E-state index in [0.29, 0.717) is 26.2 Å². The number of halogens is 1. The molecule has 1 aromatic rings. The van der Waals surface area contributed by atoms with Crippen molar-refractivity contribution in [3.63, 3.8) is 0 Å². The average molecular weight is 366 g/mol. The normalized spacial score (nSPS) is 18.4. The van der Waals surface area contributed by atoms with Gasteiger partial charge in [0, 0.05) is 44.2 Å². The number of hydrogen-bond donors (Lipinski definition) is 0. The Balaban J connectivity index is 1.64. The second kappa shape index (κ2) is 7.39. The molecule has 0 atom stereocenters. The molecule has 0 spiro atoms. The Morgan fingerprint density at radius 1 is 1.08 bits per heavy atom. The summed E-state index contributed by atoms with van der Waals surface area (Å²) in [7, 11) is 0. The monoisotopic (exact) mass is 365 g/mol. The van der Waals surface area contributed by atoms with Crippen LogP contribution >= 0.6 is 11.6 Å². The molecule has 25 heavy (non-hydrogen) atoms. The van der Waals surface area contributed by atoms with Crippen molar-refractivity contribution in [1.29, 1.82) is 0 Å². The number of piperazine rings is 1. The smallest absolute Gasteiger partial charge is 0.270 e. The lowest BCUT2D eigenvalue weighted by molar-refractivity contribution is -0.384. The minimum Gasteiger partial charge on any atom is -0.339 e. The van der Waals surface area contributed by atoms with Crippen molar-refractivity contribution in [3.05, 3.63) is 38.9 Å². The molecule has 0 radical (unpaired) electrons. The molecule has 2 amide bonds. The van der Waals surface area contributed by atoms with Gasteiger partial charge in [-0.25, -0.2) is 0 Å². The van der Waals surface area contributed by atoms with Crippen LogP contribution in [0.3, 0.4) is 0 Å². The van der Waals surface area contributed by atoms with Gasteiger partial charge in [0.25, 0.3) is 11.6 Å². The molecule has 0 bridgehead atoms. The fraction of sp³-hybridized carbons (Fsp3) is 0.529. The van der Waals surface area contributed by atoms with Crippen LogP contribution in [0.5, 0.6) is 0 Å². The van der Waals surface area contributed by atoms with Gasteiger partial charge in [-0.1, -0.05) is 24.4 Å². The first kappa shape index (κ1) is 17.7. The molecule has 2 aliphatic rings. The lowest BCUT2D eigenvalue weighted by Gasteiger charge is -2.36. The van der Waals surface area contributed by atoms with Gasteiger partial charge in [-0.2, -0.15) is 0 Å². The van der Waals surface area contributed by atoms with Crippen molar-refractivity contribution in [3.8, 4) is 0 Å². The predicted octanol–water partition coefficient (Wildman–Crippen LogP) is 2.72. The van der Waals surface area contributed by atoms with E-state index >= 15 is 0 Å². The SMILES string of the molecule is O=C(c1cc([N+](=O)[O-])ccc1Cl)N1CCN(C(=O)C2CCCC2)CC1. The molecule has 1 heterocycles. The van der Waals surface area contributed by atoms with E-state index in [9.17, 15) is 19.7 Å². The first-order valence-electron chi connectivity index (χ1n) is 8.49. The van der Waals surface area contributed by atoms with Crippen LogP contribution < -0.4 is 0 Å². The highest BCUT2D eigenvalue weighted by atomic mass is 35.5. The van der Waals surface area contributed by atoms with Gasteiger partial charge in [0.15, 0.2) is 0 Å². The standard InChI is InChI=1S/C17H20ClN3O4/c18-15-6-5-13(21(24)25)11-14(15)17(23)20-9-7-19(8-10-20)16(22)12-3-1-2-4-12/h5-6,11-12H,1-4,7-10H2. The summed E-state index contributed by atoms with van der Waals surface area (Å²) in [5, 5.41) is 11.1. The lowest BCUT2D eigenvalue weighted by Crippen LogP contribution is -2.51. The Kier molecular flexibility index (Phi) is 5.22. The van der Waals surface area contributed by atoms with E-state index in [2.05, 4.69) is 0 Å². The zero-order chi connectivity index (χ0) is 18.0. The summed E-state index contributed by atoms with van der Waals surface area (Å²) in [5.41, 5.74) is -0.0331. The third-order valence-corrected chi connectivity index (χ3v) is 5.30. The molecular formula is C17H20ClN3O4. The first-order valence-corrected chi connectivity index (χ1v) is 8.87. The molecular weight excluding hydrogens is 346 g/mol. The Morgan fingerprint density at radius 3 is 2.28 bits per heavy atom. The van der Waals surface area contributed by atoms with Crippen LogP contribution in [-0.4, -0.2) is 52.7 Å². The second-order valence-corrected chi connectivity index (χ2v) is 6.93. The second-order valence-electron chi connectivity index (χ2n) is 6.52. The number of hydrogen-bond acceptors (Lipinski definition) is 4. The van der Waals surface area contributed by atoms with Gasteiger partial charge in [0.05, 0.1) is 15.5 Å². The van der Waals surface area contributed by atoms with Crippen molar-refractivity contribution >= 4 is 29.1 Å². The number of nitrogens with zero attached hydrogens (tertiary/aromatic N) is 3. The van der Waals surface area contributed by atoms with Crippen LogP contribution in [0.25, 0.3) is 0 Å². The highest BCUT2D eigenvalue weighted by molar-refractivity contribution is 6.33. The zero-order valence-electron chi connectivity index (χ0n) is 13.8. The maximum absolute atomic E-state index is 12.6.